The van der Waals surface area contributed by atoms with Crippen LogP contribution in [0, 0.1) is 34.8 Å². The first-order chi connectivity index (χ1) is 20.8. The Morgan fingerprint density at radius 3 is 2.84 bits per heavy atom. The van der Waals surface area contributed by atoms with Gasteiger partial charge in [0.25, 0.3) is 5.91 Å². The molecule has 3 N–H and O–H groups in total. The van der Waals surface area contributed by atoms with E-state index >= 15 is 8.78 Å². The minimum Gasteiger partial charge on any atom is -0.488 e. The molecule has 2 fully saturated rings. The Morgan fingerprint density at radius 1 is 1.12 bits per heavy atom. The van der Waals surface area contributed by atoms with Crippen molar-refractivity contribution in [3.8, 4) is 17.0 Å². The molecule has 226 valence electrons. The Hall–Kier alpha value is -3.43. The Bertz CT molecular complexity index is 1530. The lowest BCUT2D eigenvalue weighted by atomic mass is 9.62. The molecule has 0 radical (unpaired) electrons. The number of nitrogens with two attached hydrogens (primary N) is 1. The number of fused-ring (bicyclic) bond motifs is 10. The number of aromatic nitrogens is 1. The fourth-order valence-corrected chi connectivity index (χ4v) is 7.59. The first-order valence-corrected chi connectivity index (χ1v) is 15.5. The van der Waals surface area contributed by atoms with Crippen molar-refractivity contribution >= 4 is 17.7 Å². The van der Waals surface area contributed by atoms with Crippen LogP contribution >= 0.6 is 0 Å². The Kier molecular flexibility index (Phi) is 7.42. The van der Waals surface area contributed by atoms with E-state index in [1.54, 1.807) is 12.3 Å². The summed E-state index contributed by atoms with van der Waals surface area (Å²) in [5, 5.41) is 3.04. The molecule has 4 bridgehead atoms. The molecule has 43 heavy (non-hydrogen) atoms. The molecule has 3 aliphatic heterocycles. The van der Waals surface area contributed by atoms with Gasteiger partial charge in [-0.05, 0) is 92.5 Å². The molecule has 1 saturated heterocycles. The first kappa shape index (κ1) is 28.3. The zero-order chi connectivity index (χ0) is 29.7. The number of ether oxygens (including phenoxy) is 2. The largest absolute Gasteiger partial charge is 0.488 e. The summed E-state index contributed by atoms with van der Waals surface area (Å²) in [4.78, 5) is 22.4. The van der Waals surface area contributed by atoms with Gasteiger partial charge >= 0.3 is 0 Å². The molecule has 6 atom stereocenters. The zero-order valence-corrected chi connectivity index (χ0v) is 24.5. The van der Waals surface area contributed by atoms with Gasteiger partial charge in [0.15, 0.2) is 0 Å². The summed E-state index contributed by atoms with van der Waals surface area (Å²) < 4.78 is 43.2. The number of hydrogen-bond donors (Lipinski definition) is 2. The van der Waals surface area contributed by atoms with Gasteiger partial charge in [0, 0.05) is 53.7 Å². The first-order valence-electron chi connectivity index (χ1n) is 15.5. The maximum atomic E-state index is 16.0. The quantitative estimate of drug-likeness (QED) is 0.436. The van der Waals surface area contributed by atoms with Crippen LogP contribution in [0.1, 0.15) is 74.3 Å². The maximum absolute atomic E-state index is 16.0. The lowest BCUT2D eigenvalue weighted by Crippen LogP contribution is -2.45. The number of carbonyl (C=O) groups excluding carboxylic acids is 1. The molecule has 5 aliphatic rings. The summed E-state index contributed by atoms with van der Waals surface area (Å²) in [6.07, 6.45) is 12.7. The number of nitrogens with zero attached hydrogens (tertiary/aromatic N) is 2. The second kappa shape index (κ2) is 11.2. The number of benzene rings is 1. The summed E-state index contributed by atoms with van der Waals surface area (Å²) in [6, 6.07) is 5.69. The van der Waals surface area contributed by atoms with E-state index in [1.165, 1.54) is 18.2 Å². The van der Waals surface area contributed by atoms with Crippen molar-refractivity contribution in [2.45, 2.75) is 70.4 Å². The number of rotatable bonds is 2. The minimum atomic E-state index is -0.695. The highest BCUT2D eigenvalue weighted by Crippen LogP contribution is 2.51. The Labute approximate surface area is 250 Å². The third kappa shape index (κ3) is 5.53. The molecule has 2 aliphatic carbocycles. The molecule has 1 saturated carbocycles. The number of hydrogen-bond acceptors (Lipinski definition) is 6. The van der Waals surface area contributed by atoms with Crippen LogP contribution in [0.4, 0.5) is 8.78 Å². The van der Waals surface area contributed by atoms with Gasteiger partial charge in [0.2, 0.25) is 0 Å². The van der Waals surface area contributed by atoms with Crippen LogP contribution in [-0.4, -0.2) is 42.5 Å². The van der Waals surface area contributed by atoms with E-state index < -0.39 is 17.5 Å². The minimum absolute atomic E-state index is 0.00544. The second-order valence-corrected chi connectivity index (χ2v) is 13.1. The van der Waals surface area contributed by atoms with Gasteiger partial charge in [-0.15, -0.1) is 0 Å². The smallest absolute Gasteiger partial charge is 0.274 e. The van der Waals surface area contributed by atoms with Gasteiger partial charge in [0.1, 0.15) is 34.9 Å². The lowest BCUT2D eigenvalue weighted by Gasteiger charge is -2.45. The van der Waals surface area contributed by atoms with Crippen molar-refractivity contribution in [3.63, 3.8) is 0 Å². The normalized spacial score (nSPS) is 31.9. The van der Waals surface area contributed by atoms with Gasteiger partial charge in [-0.3, -0.25) is 9.79 Å². The topological polar surface area (TPSA) is 98.8 Å². The lowest BCUT2D eigenvalue weighted by molar-refractivity contribution is 0.00731. The molecule has 7 rings (SSSR count). The summed E-state index contributed by atoms with van der Waals surface area (Å²) in [5.74, 6) is -0.575. The van der Waals surface area contributed by atoms with E-state index in [0.29, 0.717) is 42.6 Å². The van der Waals surface area contributed by atoms with Gasteiger partial charge in [-0.2, -0.15) is 0 Å². The number of carbonyl (C=O) groups is 1. The van der Waals surface area contributed by atoms with Crippen LogP contribution in [0.15, 0.2) is 47.2 Å². The van der Waals surface area contributed by atoms with E-state index in [2.05, 4.69) is 28.3 Å². The average Bonchev–Trinajstić information content (AvgIpc) is 3.77. The number of amides is 1. The molecular formula is C34H38F2N4O3. The van der Waals surface area contributed by atoms with E-state index in [0.717, 1.165) is 50.5 Å². The predicted molar refractivity (Wildman–Crippen MR) is 160 cm³/mol. The van der Waals surface area contributed by atoms with E-state index in [9.17, 15) is 4.79 Å². The van der Waals surface area contributed by atoms with Crippen LogP contribution in [-0.2, 0) is 4.74 Å². The summed E-state index contributed by atoms with van der Waals surface area (Å²) in [6.45, 7) is 3.31. The summed E-state index contributed by atoms with van der Waals surface area (Å²) in [7, 11) is 0. The standard InChI is InChI=1S/C34H38F2N4O3/c1-34-8-9-38-17-30(34)40-33(41)29-7-6-27(35)32(39-29)31-26(15-24(16-28(31)36)43-23-3-2-10-42-18-23)25-13-20(25)5-4-19-11-21(34)14-22(37)12-19/h6-7,9,13,15-17,19-23H,2-5,8,10-12,14,18,37H2,1H3,(H,40,41). The van der Waals surface area contributed by atoms with E-state index in [-0.39, 0.29) is 46.3 Å². The molecule has 1 aromatic heterocycles. The molecule has 4 heterocycles. The zero-order valence-electron chi connectivity index (χ0n) is 24.5. The van der Waals surface area contributed by atoms with E-state index in [1.807, 2.05) is 6.21 Å². The van der Waals surface area contributed by atoms with Gasteiger partial charge in [-0.1, -0.05) is 13.0 Å². The van der Waals surface area contributed by atoms with Crippen LogP contribution in [0.3, 0.4) is 0 Å². The number of nitrogens with one attached hydrogen (secondary N) is 1. The van der Waals surface area contributed by atoms with Crippen molar-refractivity contribution < 1.29 is 23.0 Å². The van der Waals surface area contributed by atoms with Crippen molar-refractivity contribution in [1.82, 2.24) is 10.3 Å². The summed E-state index contributed by atoms with van der Waals surface area (Å²) in [5.41, 5.74) is 8.37. The van der Waals surface area contributed by atoms with Crippen molar-refractivity contribution in [2.24, 2.45) is 33.9 Å². The van der Waals surface area contributed by atoms with Crippen molar-refractivity contribution in [1.29, 1.82) is 0 Å². The van der Waals surface area contributed by atoms with Crippen LogP contribution < -0.4 is 15.8 Å². The van der Waals surface area contributed by atoms with Crippen LogP contribution in [0.2, 0.25) is 0 Å². The monoisotopic (exact) mass is 588 g/mol. The molecule has 9 heteroatoms. The van der Waals surface area contributed by atoms with E-state index in [4.69, 9.17) is 15.2 Å². The Morgan fingerprint density at radius 2 is 2.00 bits per heavy atom. The molecule has 0 spiro atoms. The van der Waals surface area contributed by atoms with Crippen LogP contribution in [0.5, 0.6) is 5.75 Å². The summed E-state index contributed by atoms with van der Waals surface area (Å²) >= 11 is 0. The van der Waals surface area contributed by atoms with Crippen LogP contribution in [0.25, 0.3) is 16.8 Å². The van der Waals surface area contributed by atoms with Gasteiger partial charge in [-0.25, -0.2) is 13.8 Å². The molecular weight excluding hydrogens is 550 g/mol. The highest BCUT2D eigenvalue weighted by Gasteiger charge is 2.44. The van der Waals surface area contributed by atoms with Gasteiger partial charge in [0.05, 0.1) is 6.61 Å². The molecule has 1 aromatic carbocycles. The molecule has 2 aromatic rings. The number of aliphatic imine (C=N–C) groups is 1. The average molecular weight is 589 g/mol. The number of halogens is 2. The number of pyridine rings is 1. The molecule has 6 unspecified atom stereocenters. The molecule has 1 amide bonds. The fourth-order valence-electron chi connectivity index (χ4n) is 7.59. The predicted octanol–water partition coefficient (Wildman–Crippen LogP) is 6.19. The second-order valence-electron chi connectivity index (χ2n) is 13.1. The number of allylic oxidation sites excluding steroid dienone is 3. The molecule has 7 nitrogen and oxygen atoms in total. The fraction of sp³-hybridized carbons (Fsp3) is 0.500. The third-order valence-electron chi connectivity index (χ3n) is 10.1. The third-order valence-corrected chi connectivity index (χ3v) is 10.1. The Balaban J connectivity index is 1.30. The van der Waals surface area contributed by atoms with Crippen molar-refractivity contribution in [2.75, 3.05) is 13.2 Å². The highest BCUT2D eigenvalue weighted by atomic mass is 19.1. The van der Waals surface area contributed by atoms with Gasteiger partial charge < -0.3 is 20.5 Å². The maximum Gasteiger partial charge on any atom is 0.274 e. The highest BCUT2D eigenvalue weighted by molar-refractivity contribution is 5.95. The van der Waals surface area contributed by atoms with Crippen molar-refractivity contribution in [3.05, 3.63) is 65.1 Å². The SMILES string of the molecule is CC12CC=NC=C1NC(=O)c1ccc(F)c(n1)-c1c(F)cc(OC3CCCOC3)cc1C1=CC1CCC1CC(N)CC2C1.